The van der Waals surface area contributed by atoms with E-state index in [1.807, 2.05) is 37.3 Å². The van der Waals surface area contributed by atoms with Gasteiger partial charge in [-0.15, -0.1) is 0 Å². The Bertz CT molecular complexity index is 1350. The van der Waals surface area contributed by atoms with Crippen LogP contribution in [0, 0.1) is 5.41 Å². The molecule has 0 aliphatic carbocycles. The molecular formula is C30H36N2O7. The predicted molar refractivity (Wildman–Crippen MR) is 145 cm³/mol. The van der Waals surface area contributed by atoms with E-state index < -0.39 is 35.7 Å². The van der Waals surface area contributed by atoms with Crippen molar-refractivity contribution in [2.45, 2.75) is 66.5 Å². The molecule has 0 fully saturated rings. The van der Waals surface area contributed by atoms with Crippen molar-refractivity contribution < 1.29 is 34.1 Å². The summed E-state index contributed by atoms with van der Waals surface area (Å²) in [5.41, 5.74) is -0.0200. The van der Waals surface area contributed by atoms with Gasteiger partial charge in [-0.2, -0.15) is 0 Å². The number of esters is 2. The number of carboxylic acids is 1. The first-order valence-electron chi connectivity index (χ1n) is 12.8. The number of nitrogens with zero attached hydrogens (tertiary/aromatic N) is 2. The lowest BCUT2D eigenvalue weighted by molar-refractivity contribution is -0.161. The molecular weight excluding hydrogens is 500 g/mol. The minimum Gasteiger partial charge on any atom is -0.478 e. The summed E-state index contributed by atoms with van der Waals surface area (Å²) in [5.74, 6) is -1.88. The standard InChI is InChI=1S/C30H36N2O7/c1-7-11-23-31-25(30(5,6)37)24(27(35)38-18-39-28(36)29(2,3)4)32(23)17-19-14-15-21(22(16-19)26(33)34)20-12-9-8-10-13-20/h8-10,12-16,37H,7,11,17-18H2,1-6H3,(H,33,34). The molecule has 3 aromatic rings. The van der Waals surface area contributed by atoms with Crippen molar-refractivity contribution in [2.75, 3.05) is 6.79 Å². The van der Waals surface area contributed by atoms with E-state index in [0.29, 0.717) is 29.8 Å². The van der Waals surface area contributed by atoms with Gasteiger partial charge in [0.1, 0.15) is 17.1 Å². The molecule has 0 unspecified atom stereocenters. The quantitative estimate of drug-likeness (QED) is 0.268. The van der Waals surface area contributed by atoms with E-state index in [4.69, 9.17) is 9.47 Å². The van der Waals surface area contributed by atoms with Crippen molar-refractivity contribution in [3.05, 3.63) is 76.9 Å². The molecule has 0 spiro atoms. The van der Waals surface area contributed by atoms with Gasteiger partial charge in [0, 0.05) is 13.0 Å². The van der Waals surface area contributed by atoms with Gasteiger partial charge in [0.2, 0.25) is 6.79 Å². The lowest BCUT2D eigenvalue weighted by Crippen LogP contribution is -2.27. The third kappa shape index (κ3) is 7.11. The highest BCUT2D eigenvalue weighted by Crippen LogP contribution is 2.29. The second kappa shape index (κ2) is 11.8. The van der Waals surface area contributed by atoms with Gasteiger partial charge in [0.25, 0.3) is 0 Å². The van der Waals surface area contributed by atoms with Crippen LogP contribution in [0.1, 0.15) is 85.9 Å². The molecule has 9 heteroatoms. The molecule has 9 nitrogen and oxygen atoms in total. The Labute approximate surface area is 228 Å². The highest BCUT2D eigenvalue weighted by molar-refractivity contribution is 5.96. The number of carbonyl (C=O) groups is 3. The lowest BCUT2D eigenvalue weighted by Gasteiger charge is -2.19. The molecule has 1 aromatic heterocycles. The fourth-order valence-electron chi connectivity index (χ4n) is 4.06. The average Bonchev–Trinajstić information content (AvgIpc) is 3.22. The van der Waals surface area contributed by atoms with Crippen LogP contribution in [0.5, 0.6) is 0 Å². The molecule has 2 N–H and O–H groups in total. The maximum atomic E-state index is 13.3. The van der Waals surface area contributed by atoms with E-state index in [0.717, 1.165) is 5.56 Å². The number of aromatic carboxylic acids is 1. The number of hydrogen-bond acceptors (Lipinski definition) is 7. The highest BCUT2D eigenvalue weighted by Gasteiger charge is 2.33. The molecule has 1 heterocycles. The van der Waals surface area contributed by atoms with Crippen LogP contribution in [0.15, 0.2) is 48.5 Å². The summed E-state index contributed by atoms with van der Waals surface area (Å²) in [6.07, 6.45) is 1.22. The highest BCUT2D eigenvalue weighted by atomic mass is 16.7. The van der Waals surface area contributed by atoms with E-state index in [1.54, 1.807) is 43.5 Å². The monoisotopic (exact) mass is 536 g/mol. The number of ether oxygens (including phenoxy) is 2. The zero-order valence-corrected chi connectivity index (χ0v) is 23.3. The van der Waals surface area contributed by atoms with Crippen LogP contribution in [0.25, 0.3) is 11.1 Å². The summed E-state index contributed by atoms with van der Waals surface area (Å²) >= 11 is 0. The van der Waals surface area contributed by atoms with E-state index in [1.165, 1.54) is 13.8 Å². The van der Waals surface area contributed by atoms with Crippen LogP contribution in [-0.2, 0) is 32.8 Å². The largest absolute Gasteiger partial charge is 0.478 e. The minimum absolute atomic E-state index is 0.0155. The maximum Gasteiger partial charge on any atom is 0.359 e. The number of imidazole rings is 1. The van der Waals surface area contributed by atoms with Crippen LogP contribution in [0.3, 0.4) is 0 Å². The fourth-order valence-corrected chi connectivity index (χ4v) is 4.06. The number of carbonyl (C=O) groups excluding carboxylic acids is 2. The first-order valence-corrected chi connectivity index (χ1v) is 12.8. The maximum absolute atomic E-state index is 13.3. The van der Waals surface area contributed by atoms with Crippen LogP contribution in [0.4, 0.5) is 0 Å². The molecule has 0 aliphatic rings. The van der Waals surface area contributed by atoms with Gasteiger partial charge in [0.15, 0.2) is 5.69 Å². The second-order valence-electron chi connectivity index (χ2n) is 10.9. The predicted octanol–water partition coefficient (Wildman–Crippen LogP) is 5.18. The zero-order valence-electron chi connectivity index (χ0n) is 23.3. The molecule has 0 atom stereocenters. The van der Waals surface area contributed by atoms with Crippen LogP contribution in [-0.4, -0.2) is 44.5 Å². The normalized spacial score (nSPS) is 11.8. The summed E-state index contributed by atoms with van der Waals surface area (Å²) in [7, 11) is 0. The van der Waals surface area contributed by atoms with Gasteiger partial charge in [-0.1, -0.05) is 49.4 Å². The Morgan fingerprint density at radius 2 is 1.64 bits per heavy atom. The van der Waals surface area contributed by atoms with Gasteiger partial charge < -0.3 is 24.3 Å². The molecule has 39 heavy (non-hydrogen) atoms. The molecule has 0 saturated heterocycles. The second-order valence-corrected chi connectivity index (χ2v) is 10.9. The van der Waals surface area contributed by atoms with Gasteiger partial charge in [0.05, 0.1) is 11.0 Å². The lowest BCUT2D eigenvalue weighted by atomic mass is 9.97. The Morgan fingerprint density at radius 3 is 2.21 bits per heavy atom. The van der Waals surface area contributed by atoms with Crippen molar-refractivity contribution in [3.63, 3.8) is 0 Å². The summed E-state index contributed by atoms with van der Waals surface area (Å²) in [4.78, 5) is 42.1. The number of rotatable bonds is 10. The Morgan fingerprint density at radius 1 is 0.974 bits per heavy atom. The van der Waals surface area contributed by atoms with Crippen LogP contribution < -0.4 is 0 Å². The third-order valence-corrected chi connectivity index (χ3v) is 6.03. The Balaban J connectivity index is 2.04. The van der Waals surface area contributed by atoms with Crippen molar-refractivity contribution in [3.8, 4) is 11.1 Å². The summed E-state index contributed by atoms with van der Waals surface area (Å²) in [5, 5.41) is 20.8. The fraction of sp³-hybridized carbons (Fsp3) is 0.400. The van der Waals surface area contributed by atoms with Crippen LogP contribution in [0.2, 0.25) is 0 Å². The first-order chi connectivity index (χ1) is 18.2. The molecule has 0 radical (unpaired) electrons. The zero-order chi connectivity index (χ0) is 29.0. The smallest absolute Gasteiger partial charge is 0.359 e. The van der Waals surface area contributed by atoms with Crippen LogP contribution >= 0.6 is 0 Å². The number of aliphatic hydroxyl groups is 1. The third-order valence-electron chi connectivity index (χ3n) is 6.03. The van der Waals surface area contributed by atoms with Crippen molar-refractivity contribution >= 4 is 17.9 Å². The number of benzene rings is 2. The molecule has 0 bridgehead atoms. The summed E-state index contributed by atoms with van der Waals surface area (Å²) in [6, 6.07) is 14.3. The Hall–Kier alpha value is -3.98. The number of hydrogen-bond donors (Lipinski definition) is 2. The molecule has 3 rings (SSSR count). The number of aromatic nitrogens is 2. The van der Waals surface area contributed by atoms with Crippen molar-refractivity contribution in [1.82, 2.24) is 9.55 Å². The SMILES string of the molecule is CCCc1nc(C(C)(C)O)c(C(=O)OCOC(=O)C(C)(C)C)n1Cc1ccc(-c2ccccc2)c(C(=O)O)c1. The van der Waals surface area contributed by atoms with E-state index in [9.17, 15) is 24.6 Å². The van der Waals surface area contributed by atoms with Crippen molar-refractivity contribution in [2.24, 2.45) is 5.41 Å². The Kier molecular flexibility index (Phi) is 8.96. The van der Waals surface area contributed by atoms with Gasteiger partial charge in [-0.3, -0.25) is 4.79 Å². The average molecular weight is 537 g/mol. The number of carboxylic acid groups (broad SMARTS) is 1. The molecule has 208 valence electrons. The van der Waals surface area contributed by atoms with E-state index >= 15 is 0 Å². The number of aryl methyl sites for hydroxylation is 1. The van der Waals surface area contributed by atoms with E-state index in [2.05, 4.69) is 4.98 Å². The summed E-state index contributed by atoms with van der Waals surface area (Å²) < 4.78 is 12.0. The van der Waals surface area contributed by atoms with Gasteiger partial charge in [-0.05, 0) is 63.8 Å². The van der Waals surface area contributed by atoms with Gasteiger partial charge >= 0.3 is 17.9 Å². The van der Waals surface area contributed by atoms with E-state index in [-0.39, 0.29) is 23.5 Å². The summed E-state index contributed by atoms with van der Waals surface area (Å²) in [6.45, 7) is 9.57. The topological polar surface area (TPSA) is 128 Å². The first kappa shape index (κ1) is 29.6. The molecule has 0 saturated carbocycles. The minimum atomic E-state index is -1.48. The van der Waals surface area contributed by atoms with Gasteiger partial charge in [-0.25, -0.2) is 14.6 Å². The molecule has 0 aliphatic heterocycles. The molecule has 2 aromatic carbocycles. The molecule has 0 amide bonds. The van der Waals surface area contributed by atoms with Crippen molar-refractivity contribution in [1.29, 1.82) is 0 Å².